The quantitative estimate of drug-likeness (QED) is 0.721. The Balaban J connectivity index is 1.71. The fraction of sp³-hybridized carbons (Fsp3) is 0.222. The van der Waals surface area contributed by atoms with E-state index in [4.69, 9.17) is 9.72 Å². The Morgan fingerprint density at radius 3 is 3.04 bits per heavy atom. The number of fused-ring (bicyclic) bond motifs is 1. The molecule has 4 nitrogen and oxygen atoms in total. The maximum absolute atomic E-state index is 9.51. The summed E-state index contributed by atoms with van der Waals surface area (Å²) >= 11 is 1.67. The van der Waals surface area contributed by atoms with Crippen LogP contribution in [-0.2, 0) is 4.74 Å². The molecule has 5 heteroatoms. The Kier molecular flexibility index (Phi) is 3.70. The number of anilines is 1. The van der Waals surface area contributed by atoms with Gasteiger partial charge in [-0.05, 0) is 34.5 Å². The second kappa shape index (κ2) is 5.99. The maximum Gasteiger partial charge on any atom is 0.147 e. The molecule has 0 spiro atoms. The average molecular weight is 321 g/mol. The summed E-state index contributed by atoms with van der Waals surface area (Å²) in [5, 5.41) is 14.7. The lowest BCUT2D eigenvalue weighted by Gasteiger charge is -2.34. The van der Waals surface area contributed by atoms with Crippen LogP contribution < -0.4 is 4.90 Å². The second-order valence-electron chi connectivity index (χ2n) is 5.53. The standard InChI is InChI=1S/C18H15N3OS/c19-10-15-9-13-3-1-2-4-16(13)20-18(15)21-6-7-22-17(11-21)14-5-8-23-12-14/h1-5,8-9,12,17H,6-7,11H2/t17-/m0/s1. The van der Waals surface area contributed by atoms with Gasteiger partial charge in [-0.1, -0.05) is 18.2 Å². The van der Waals surface area contributed by atoms with Crippen LogP contribution in [0.4, 0.5) is 5.82 Å². The van der Waals surface area contributed by atoms with Crippen molar-refractivity contribution < 1.29 is 4.74 Å². The molecule has 4 rings (SSSR count). The number of nitriles is 1. The molecule has 0 unspecified atom stereocenters. The maximum atomic E-state index is 9.51. The van der Waals surface area contributed by atoms with Crippen molar-refractivity contribution >= 4 is 28.1 Å². The van der Waals surface area contributed by atoms with Crippen LogP contribution in [0.5, 0.6) is 0 Å². The summed E-state index contributed by atoms with van der Waals surface area (Å²) in [6, 6.07) is 14.2. The third-order valence-corrected chi connectivity index (χ3v) is 4.81. The van der Waals surface area contributed by atoms with Crippen molar-refractivity contribution in [3.05, 3.63) is 58.3 Å². The second-order valence-corrected chi connectivity index (χ2v) is 6.31. The van der Waals surface area contributed by atoms with Crippen LogP contribution in [0.15, 0.2) is 47.2 Å². The number of aromatic nitrogens is 1. The zero-order valence-electron chi connectivity index (χ0n) is 12.5. The summed E-state index contributed by atoms with van der Waals surface area (Å²) in [5.41, 5.74) is 2.73. The first kappa shape index (κ1) is 14.2. The minimum Gasteiger partial charge on any atom is -0.370 e. The van der Waals surface area contributed by atoms with Gasteiger partial charge in [0, 0.05) is 18.5 Å². The molecule has 23 heavy (non-hydrogen) atoms. The molecule has 1 fully saturated rings. The lowest BCUT2D eigenvalue weighted by molar-refractivity contribution is 0.0398. The number of rotatable bonds is 2. The number of ether oxygens (including phenoxy) is 1. The Bertz CT molecular complexity index is 870. The first-order valence-corrected chi connectivity index (χ1v) is 8.48. The van der Waals surface area contributed by atoms with E-state index < -0.39 is 0 Å². The molecule has 2 aromatic heterocycles. The highest BCUT2D eigenvalue weighted by Crippen LogP contribution is 2.29. The molecule has 1 atom stereocenters. The van der Waals surface area contributed by atoms with Crippen molar-refractivity contribution in [3.63, 3.8) is 0 Å². The molecular weight excluding hydrogens is 306 g/mol. The van der Waals surface area contributed by atoms with E-state index in [9.17, 15) is 5.26 Å². The SMILES string of the molecule is N#Cc1cc2ccccc2nc1N1CCO[C@H](c2ccsc2)C1. The Morgan fingerprint density at radius 2 is 2.22 bits per heavy atom. The molecule has 1 aliphatic rings. The molecule has 0 saturated carbocycles. The number of benzene rings is 1. The van der Waals surface area contributed by atoms with Crippen LogP contribution >= 0.6 is 11.3 Å². The number of pyridine rings is 1. The topological polar surface area (TPSA) is 49.2 Å². The molecule has 1 aromatic carbocycles. The first-order chi connectivity index (χ1) is 11.3. The van der Waals surface area contributed by atoms with Gasteiger partial charge in [-0.2, -0.15) is 16.6 Å². The van der Waals surface area contributed by atoms with E-state index in [1.54, 1.807) is 11.3 Å². The molecule has 1 aliphatic heterocycles. The van der Waals surface area contributed by atoms with E-state index >= 15 is 0 Å². The molecule has 0 bridgehead atoms. The summed E-state index contributed by atoms with van der Waals surface area (Å²) in [6.07, 6.45) is 0.0369. The van der Waals surface area contributed by atoms with Gasteiger partial charge in [0.2, 0.25) is 0 Å². The fourth-order valence-electron chi connectivity index (χ4n) is 2.93. The van der Waals surface area contributed by atoms with Gasteiger partial charge in [0.15, 0.2) is 0 Å². The number of hydrogen-bond donors (Lipinski definition) is 0. The van der Waals surface area contributed by atoms with E-state index in [1.807, 2.05) is 30.3 Å². The Morgan fingerprint density at radius 1 is 1.30 bits per heavy atom. The molecule has 114 valence electrons. The van der Waals surface area contributed by atoms with Gasteiger partial charge in [-0.25, -0.2) is 4.98 Å². The molecule has 0 N–H and O–H groups in total. The number of nitrogens with zero attached hydrogens (tertiary/aromatic N) is 3. The predicted octanol–water partition coefficient (Wildman–Crippen LogP) is 3.75. The Hall–Kier alpha value is -2.42. The van der Waals surface area contributed by atoms with Gasteiger partial charge < -0.3 is 9.64 Å². The Labute approximate surface area is 138 Å². The van der Waals surface area contributed by atoms with Crippen molar-refractivity contribution in [2.45, 2.75) is 6.10 Å². The van der Waals surface area contributed by atoms with Crippen molar-refractivity contribution in [1.82, 2.24) is 4.98 Å². The van der Waals surface area contributed by atoms with Gasteiger partial charge in [-0.3, -0.25) is 0 Å². The third kappa shape index (κ3) is 2.67. The number of para-hydroxylation sites is 1. The highest BCUT2D eigenvalue weighted by Gasteiger charge is 2.25. The normalized spacial score (nSPS) is 18.0. The van der Waals surface area contributed by atoms with E-state index in [2.05, 4.69) is 27.8 Å². The van der Waals surface area contributed by atoms with E-state index in [1.165, 1.54) is 5.56 Å². The molecule has 0 radical (unpaired) electrons. The summed E-state index contributed by atoms with van der Waals surface area (Å²) in [5.74, 6) is 0.759. The third-order valence-electron chi connectivity index (χ3n) is 4.11. The van der Waals surface area contributed by atoms with Crippen molar-refractivity contribution in [3.8, 4) is 6.07 Å². The lowest BCUT2D eigenvalue weighted by atomic mass is 10.1. The minimum absolute atomic E-state index is 0.0369. The largest absolute Gasteiger partial charge is 0.370 e. The molecule has 1 saturated heterocycles. The van der Waals surface area contributed by atoms with E-state index in [0.29, 0.717) is 12.2 Å². The van der Waals surface area contributed by atoms with E-state index in [0.717, 1.165) is 29.8 Å². The van der Waals surface area contributed by atoms with Gasteiger partial charge in [0.05, 0.1) is 17.7 Å². The van der Waals surface area contributed by atoms with Crippen molar-refractivity contribution in [1.29, 1.82) is 5.26 Å². The van der Waals surface area contributed by atoms with Gasteiger partial charge in [0.25, 0.3) is 0 Å². The minimum atomic E-state index is 0.0369. The molecule has 0 aliphatic carbocycles. The van der Waals surface area contributed by atoms with Crippen LogP contribution in [-0.4, -0.2) is 24.7 Å². The molecule has 0 amide bonds. The van der Waals surface area contributed by atoms with Gasteiger partial charge in [-0.15, -0.1) is 0 Å². The predicted molar refractivity (Wildman–Crippen MR) is 91.7 cm³/mol. The van der Waals surface area contributed by atoms with Crippen LogP contribution in [0, 0.1) is 11.3 Å². The molecule has 3 aromatic rings. The monoisotopic (exact) mass is 321 g/mol. The molecule has 3 heterocycles. The number of morpholine rings is 1. The van der Waals surface area contributed by atoms with Crippen LogP contribution in [0.1, 0.15) is 17.2 Å². The number of hydrogen-bond acceptors (Lipinski definition) is 5. The zero-order chi connectivity index (χ0) is 15.6. The van der Waals surface area contributed by atoms with Gasteiger partial charge >= 0.3 is 0 Å². The van der Waals surface area contributed by atoms with Crippen LogP contribution in [0.2, 0.25) is 0 Å². The summed E-state index contributed by atoms with van der Waals surface area (Å²) < 4.78 is 5.89. The zero-order valence-corrected chi connectivity index (χ0v) is 13.3. The summed E-state index contributed by atoms with van der Waals surface area (Å²) in [6.45, 7) is 2.11. The van der Waals surface area contributed by atoms with Crippen LogP contribution in [0.25, 0.3) is 10.9 Å². The smallest absolute Gasteiger partial charge is 0.147 e. The van der Waals surface area contributed by atoms with Crippen molar-refractivity contribution in [2.24, 2.45) is 0 Å². The first-order valence-electron chi connectivity index (χ1n) is 7.53. The lowest BCUT2D eigenvalue weighted by Crippen LogP contribution is -2.39. The van der Waals surface area contributed by atoms with Crippen LogP contribution in [0.3, 0.4) is 0 Å². The van der Waals surface area contributed by atoms with Crippen molar-refractivity contribution in [2.75, 3.05) is 24.6 Å². The average Bonchev–Trinajstić information content (AvgIpc) is 3.15. The van der Waals surface area contributed by atoms with Gasteiger partial charge in [0.1, 0.15) is 18.0 Å². The molecular formula is C18H15N3OS. The summed E-state index contributed by atoms with van der Waals surface area (Å²) in [4.78, 5) is 6.90. The van der Waals surface area contributed by atoms with E-state index in [-0.39, 0.29) is 6.10 Å². The summed E-state index contributed by atoms with van der Waals surface area (Å²) in [7, 11) is 0. The fourth-order valence-corrected chi connectivity index (χ4v) is 3.63. The highest BCUT2D eigenvalue weighted by atomic mass is 32.1. The highest BCUT2D eigenvalue weighted by molar-refractivity contribution is 7.07. The number of thiophene rings is 1.